The third-order valence-electron chi connectivity index (χ3n) is 5.16. The van der Waals surface area contributed by atoms with E-state index < -0.39 is 11.5 Å². The van der Waals surface area contributed by atoms with Gasteiger partial charge in [-0.1, -0.05) is 41.6 Å². The first-order valence-electron chi connectivity index (χ1n) is 10.5. The highest BCUT2D eigenvalue weighted by atomic mass is 35.5. The molecular formula is C22H29ClN6O3. The zero-order valence-corrected chi connectivity index (χ0v) is 19.4. The van der Waals surface area contributed by atoms with E-state index in [1.807, 2.05) is 39.0 Å². The van der Waals surface area contributed by atoms with Gasteiger partial charge in [-0.25, -0.2) is 9.48 Å². The van der Waals surface area contributed by atoms with E-state index in [0.29, 0.717) is 49.0 Å². The van der Waals surface area contributed by atoms with Gasteiger partial charge in [-0.05, 0) is 45.2 Å². The normalized spacial score (nSPS) is 14.8. The van der Waals surface area contributed by atoms with Gasteiger partial charge in [0.25, 0.3) is 5.91 Å². The number of ether oxygens (including phenoxy) is 1. The summed E-state index contributed by atoms with van der Waals surface area (Å²) in [4.78, 5) is 25.9. The molecule has 1 saturated heterocycles. The third-order valence-corrected chi connectivity index (χ3v) is 5.53. The summed E-state index contributed by atoms with van der Waals surface area (Å²) in [6.45, 7) is 11.1. The van der Waals surface area contributed by atoms with Crippen molar-refractivity contribution in [3.05, 3.63) is 52.8 Å². The molecule has 172 valence electrons. The van der Waals surface area contributed by atoms with Gasteiger partial charge in [0, 0.05) is 29.7 Å². The number of nitrogens with zero attached hydrogens (tertiary/aromatic N) is 4. The highest BCUT2D eigenvalue weighted by Gasteiger charge is 2.29. The van der Waals surface area contributed by atoms with E-state index in [1.165, 1.54) is 0 Å². The zero-order chi connectivity index (χ0) is 23.5. The van der Waals surface area contributed by atoms with Gasteiger partial charge in [-0.15, -0.1) is 5.10 Å². The molecule has 0 spiro atoms. The van der Waals surface area contributed by atoms with Gasteiger partial charge in [0.1, 0.15) is 5.60 Å². The molecule has 9 nitrogen and oxygen atoms in total. The molecule has 0 unspecified atom stereocenters. The maximum absolute atomic E-state index is 12.3. The van der Waals surface area contributed by atoms with Crippen LogP contribution in [0.3, 0.4) is 0 Å². The molecule has 3 N–H and O–H groups in total. The van der Waals surface area contributed by atoms with Crippen molar-refractivity contribution in [1.82, 2.24) is 19.9 Å². The third kappa shape index (κ3) is 5.79. The van der Waals surface area contributed by atoms with Crippen molar-refractivity contribution in [2.24, 2.45) is 11.7 Å². The fraction of sp³-hybridized carbons (Fsp3) is 0.455. The van der Waals surface area contributed by atoms with Crippen molar-refractivity contribution < 1.29 is 14.3 Å². The number of primary amides is 1. The van der Waals surface area contributed by atoms with Crippen molar-refractivity contribution in [1.29, 1.82) is 0 Å². The number of rotatable bonds is 6. The van der Waals surface area contributed by atoms with Crippen LogP contribution in [0.2, 0.25) is 5.02 Å². The van der Waals surface area contributed by atoms with Crippen LogP contribution < -0.4 is 11.1 Å². The molecule has 0 atom stereocenters. The Morgan fingerprint density at radius 3 is 2.53 bits per heavy atom. The van der Waals surface area contributed by atoms with Crippen LogP contribution in [-0.4, -0.2) is 50.6 Å². The number of nitrogens with two attached hydrogens (primary N) is 1. The monoisotopic (exact) mass is 460 g/mol. The quantitative estimate of drug-likeness (QED) is 0.679. The summed E-state index contributed by atoms with van der Waals surface area (Å²) < 4.78 is 6.99. The Morgan fingerprint density at radius 2 is 1.94 bits per heavy atom. The summed E-state index contributed by atoms with van der Waals surface area (Å²) in [5.74, 6) is -0.222. The molecule has 1 aliphatic heterocycles. The molecule has 2 aromatic rings. The highest BCUT2D eigenvalue weighted by Crippen LogP contribution is 2.27. The average molecular weight is 461 g/mol. The molecule has 3 rings (SSSR count). The van der Waals surface area contributed by atoms with Crippen LogP contribution in [0, 0.1) is 5.92 Å². The van der Waals surface area contributed by atoms with Crippen molar-refractivity contribution in [3.8, 4) is 0 Å². The molecule has 1 aromatic carbocycles. The smallest absolute Gasteiger partial charge is 0.410 e. The fourth-order valence-corrected chi connectivity index (χ4v) is 3.69. The predicted octanol–water partition coefficient (Wildman–Crippen LogP) is 3.65. The van der Waals surface area contributed by atoms with E-state index in [-0.39, 0.29) is 17.7 Å². The van der Waals surface area contributed by atoms with E-state index in [0.717, 1.165) is 5.56 Å². The second-order valence-electron chi connectivity index (χ2n) is 8.79. The number of aromatic nitrogens is 3. The number of halogens is 1. The Hall–Kier alpha value is -3.07. The molecule has 1 fully saturated rings. The number of hydrogen-bond donors (Lipinski definition) is 2. The molecule has 0 bridgehead atoms. The average Bonchev–Trinajstić information content (AvgIpc) is 3.11. The molecule has 2 heterocycles. The van der Waals surface area contributed by atoms with E-state index in [1.54, 1.807) is 15.6 Å². The fourth-order valence-electron chi connectivity index (χ4n) is 3.49. The van der Waals surface area contributed by atoms with Gasteiger partial charge in [0.15, 0.2) is 11.5 Å². The number of hydrogen-bond acceptors (Lipinski definition) is 6. The van der Waals surface area contributed by atoms with E-state index in [2.05, 4.69) is 22.2 Å². The maximum atomic E-state index is 12.3. The van der Waals surface area contributed by atoms with E-state index >= 15 is 0 Å². The number of piperidine rings is 1. The standard InChI is InChI=1S/C22H29ClN6O3/c1-14(15-9-11-28(12-10-15)21(31)32-22(2,3)4)25-20-18(19(24)30)26-27-29(20)13-16-7-5-6-8-17(16)23/h5-8,15,25H,1,9-13H2,2-4H3,(H2,24,30). The van der Waals surface area contributed by atoms with Crippen LogP contribution in [0.15, 0.2) is 36.5 Å². The number of nitrogens with one attached hydrogen (secondary N) is 1. The van der Waals surface area contributed by atoms with Gasteiger partial charge < -0.3 is 20.7 Å². The van der Waals surface area contributed by atoms with Crippen LogP contribution >= 0.6 is 11.6 Å². The van der Waals surface area contributed by atoms with Gasteiger partial charge >= 0.3 is 6.09 Å². The lowest BCUT2D eigenvalue weighted by atomic mass is 9.94. The molecule has 1 aliphatic rings. The lowest BCUT2D eigenvalue weighted by molar-refractivity contribution is 0.0194. The lowest BCUT2D eigenvalue weighted by Gasteiger charge is -2.34. The Bertz CT molecular complexity index is 1010. The molecular weight excluding hydrogens is 432 g/mol. The van der Waals surface area contributed by atoms with Gasteiger partial charge in [0.2, 0.25) is 0 Å². The van der Waals surface area contributed by atoms with E-state index in [9.17, 15) is 9.59 Å². The molecule has 0 radical (unpaired) electrons. The second kappa shape index (κ2) is 9.60. The second-order valence-corrected chi connectivity index (χ2v) is 9.20. The number of carbonyl (C=O) groups excluding carboxylic acids is 2. The summed E-state index contributed by atoms with van der Waals surface area (Å²) in [5, 5.41) is 11.8. The molecule has 0 aliphatic carbocycles. The zero-order valence-electron chi connectivity index (χ0n) is 18.6. The minimum absolute atomic E-state index is 0.0318. The summed E-state index contributed by atoms with van der Waals surface area (Å²) in [6.07, 6.45) is 1.11. The van der Waals surface area contributed by atoms with Crippen molar-refractivity contribution >= 4 is 29.4 Å². The maximum Gasteiger partial charge on any atom is 0.410 e. The Balaban J connectivity index is 1.68. The largest absolute Gasteiger partial charge is 0.444 e. The number of carbonyl (C=O) groups is 2. The molecule has 10 heteroatoms. The minimum atomic E-state index is -0.689. The minimum Gasteiger partial charge on any atom is -0.444 e. The highest BCUT2D eigenvalue weighted by molar-refractivity contribution is 6.31. The number of anilines is 1. The summed E-state index contributed by atoms with van der Waals surface area (Å²) in [5.41, 5.74) is 6.54. The molecule has 1 aromatic heterocycles. The number of benzene rings is 1. The van der Waals surface area contributed by atoms with Crippen LogP contribution in [-0.2, 0) is 11.3 Å². The Morgan fingerprint density at radius 1 is 1.28 bits per heavy atom. The Labute approximate surface area is 192 Å². The van der Waals surface area contributed by atoms with E-state index in [4.69, 9.17) is 22.1 Å². The van der Waals surface area contributed by atoms with Gasteiger partial charge in [0.05, 0.1) is 6.54 Å². The van der Waals surface area contributed by atoms with Crippen LogP contribution in [0.25, 0.3) is 0 Å². The van der Waals surface area contributed by atoms with Crippen LogP contribution in [0.5, 0.6) is 0 Å². The van der Waals surface area contributed by atoms with Crippen LogP contribution in [0.1, 0.15) is 49.7 Å². The topological polar surface area (TPSA) is 115 Å². The lowest BCUT2D eigenvalue weighted by Crippen LogP contribution is -2.42. The number of likely N-dealkylation sites (tertiary alicyclic amines) is 1. The number of amides is 2. The first-order chi connectivity index (χ1) is 15.0. The van der Waals surface area contributed by atoms with Gasteiger partial charge in [-0.2, -0.15) is 0 Å². The molecule has 0 saturated carbocycles. The Kier molecular flexibility index (Phi) is 7.08. The number of allylic oxidation sites excluding steroid dienone is 1. The first kappa shape index (κ1) is 23.6. The molecule has 32 heavy (non-hydrogen) atoms. The van der Waals surface area contributed by atoms with Gasteiger partial charge in [-0.3, -0.25) is 4.79 Å². The summed E-state index contributed by atoms with van der Waals surface area (Å²) in [6, 6.07) is 7.37. The summed E-state index contributed by atoms with van der Waals surface area (Å²) >= 11 is 6.27. The van der Waals surface area contributed by atoms with Crippen molar-refractivity contribution in [3.63, 3.8) is 0 Å². The van der Waals surface area contributed by atoms with Crippen LogP contribution in [0.4, 0.5) is 10.6 Å². The van der Waals surface area contributed by atoms with Crippen molar-refractivity contribution in [2.75, 3.05) is 18.4 Å². The van der Waals surface area contributed by atoms with Crippen molar-refractivity contribution in [2.45, 2.75) is 45.8 Å². The SMILES string of the molecule is C=C(Nc1c(C(N)=O)nnn1Cc1ccccc1Cl)C1CCN(C(=O)OC(C)(C)C)CC1. The molecule has 2 amide bonds. The predicted molar refractivity (Wildman–Crippen MR) is 122 cm³/mol. The first-order valence-corrected chi connectivity index (χ1v) is 10.8. The summed E-state index contributed by atoms with van der Waals surface area (Å²) in [7, 11) is 0.